The van der Waals surface area contributed by atoms with Gasteiger partial charge in [-0.3, -0.25) is 4.79 Å². The minimum absolute atomic E-state index is 0.207. The third kappa shape index (κ3) is 6.75. The molecule has 0 heterocycles. The largest absolute Gasteiger partial charge is 0.480 e. The van der Waals surface area contributed by atoms with Gasteiger partial charge >= 0.3 is 12.0 Å². The number of urea groups is 1. The minimum atomic E-state index is -0.988. The van der Waals surface area contributed by atoms with Crippen molar-refractivity contribution in [3.63, 3.8) is 0 Å². The van der Waals surface area contributed by atoms with Gasteiger partial charge in [0.15, 0.2) is 0 Å². The van der Waals surface area contributed by atoms with Crippen LogP contribution in [0.4, 0.5) is 4.79 Å². The van der Waals surface area contributed by atoms with Gasteiger partial charge < -0.3 is 19.8 Å². The molecule has 0 saturated carbocycles. The summed E-state index contributed by atoms with van der Waals surface area (Å²) in [5, 5.41) is 8.98. The van der Waals surface area contributed by atoms with E-state index in [1.165, 1.54) is 4.90 Å². The number of hydrogen-bond donors (Lipinski definition) is 1. The van der Waals surface area contributed by atoms with Gasteiger partial charge in [0.2, 0.25) is 0 Å². The lowest BCUT2D eigenvalue weighted by atomic mass is 10.1. The Morgan fingerprint density at radius 1 is 1.10 bits per heavy atom. The highest BCUT2D eigenvalue weighted by molar-refractivity contribution is 5.80. The second-order valence-corrected chi connectivity index (χ2v) is 6.17. The van der Waals surface area contributed by atoms with Gasteiger partial charge in [0.05, 0.1) is 0 Å². The fourth-order valence-electron chi connectivity index (χ4n) is 1.86. The molecule has 0 aromatic carbocycles. The maximum absolute atomic E-state index is 12.5. The molecule has 0 aliphatic heterocycles. The second kappa shape index (κ2) is 8.09. The van der Waals surface area contributed by atoms with Gasteiger partial charge in [-0.1, -0.05) is 0 Å². The molecule has 0 radical (unpaired) electrons. The van der Waals surface area contributed by atoms with Gasteiger partial charge in [-0.25, -0.2) is 4.79 Å². The number of carboxylic acid groups (broad SMARTS) is 1. The van der Waals surface area contributed by atoms with Crippen LogP contribution in [0, 0.1) is 0 Å². The van der Waals surface area contributed by atoms with Crippen molar-refractivity contribution in [1.29, 1.82) is 0 Å². The Morgan fingerprint density at radius 3 is 2.00 bits per heavy atom. The number of nitrogens with zero attached hydrogens (tertiary/aromatic N) is 3. The highest BCUT2D eigenvalue weighted by Crippen LogP contribution is 2.16. The number of amides is 2. The van der Waals surface area contributed by atoms with E-state index in [-0.39, 0.29) is 12.6 Å². The molecule has 1 N–H and O–H groups in total. The number of rotatable bonds is 7. The van der Waals surface area contributed by atoms with Crippen LogP contribution in [0.2, 0.25) is 0 Å². The van der Waals surface area contributed by atoms with E-state index >= 15 is 0 Å². The summed E-state index contributed by atoms with van der Waals surface area (Å²) in [4.78, 5) is 28.6. The normalized spacial score (nSPS) is 11.6. The summed E-state index contributed by atoms with van der Waals surface area (Å²) >= 11 is 0. The molecule has 0 aromatic heterocycles. The average Bonchev–Trinajstić information content (AvgIpc) is 2.29. The van der Waals surface area contributed by atoms with Gasteiger partial charge in [-0.15, -0.1) is 0 Å². The van der Waals surface area contributed by atoms with Crippen LogP contribution in [0.5, 0.6) is 0 Å². The Hall–Kier alpha value is -1.30. The highest BCUT2D eigenvalue weighted by Gasteiger charge is 2.31. The Morgan fingerprint density at radius 2 is 1.65 bits per heavy atom. The first kappa shape index (κ1) is 18.7. The van der Waals surface area contributed by atoms with Gasteiger partial charge in [0.1, 0.15) is 6.54 Å². The van der Waals surface area contributed by atoms with Crippen molar-refractivity contribution in [3.8, 4) is 0 Å². The van der Waals surface area contributed by atoms with Crippen LogP contribution in [-0.2, 0) is 4.79 Å². The quantitative estimate of drug-likeness (QED) is 0.772. The zero-order chi connectivity index (χ0) is 15.9. The van der Waals surface area contributed by atoms with Crippen LogP contribution in [0.15, 0.2) is 0 Å². The lowest BCUT2D eigenvalue weighted by Gasteiger charge is -2.38. The molecule has 0 rings (SSSR count). The van der Waals surface area contributed by atoms with Gasteiger partial charge in [-0.2, -0.15) is 0 Å². The SMILES string of the molecule is CCN(CCCN(C)C)C(=O)N(CC(=O)O)C(C)(C)C. The molecular weight excluding hydrogens is 258 g/mol. The monoisotopic (exact) mass is 287 g/mol. The molecule has 0 saturated heterocycles. The molecule has 2 amide bonds. The summed E-state index contributed by atoms with van der Waals surface area (Å²) < 4.78 is 0. The Bertz CT molecular complexity index is 324. The Balaban J connectivity index is 4.78. The van der Waals surface area contributed by atoms with Crippen LogP contribution in [0.1, 0.15) is 34.1 Å². The number of carbonyl (C=O) groups is 2. The third-order valence-electron chi connectivity index (χ3n) is 3.02. The van der Waals surface area contributed by atoms with Crippen LogP contribution in [-0.4, -0.2) is 77.6 Å². The van der Waals surface area contributed by atoms with E-state index in [0.717, 1.165) is 13.0 Å². The van der Waals surface area contributed by atoms with Crippen LogP contribution in [0.25, 0.3) is 0 Å². The first-order chi connectivity index (χ1) is 9.09. The summed E-state index contributed by atoms with van der Waals surface area (Å²) in [7, 11) is 3.98. The van der Waals surface area contributed by atoms with Crippen molar-refractivity contribution in [2.45, 2.75) is 39.7 Å². The molecule has 0 atom stereocenters. The van der Waals surface area contributed by atoms with Crippen molar-refractivity contribution in [2.24, 2.45) is 0 Å². The maximum atomic E-state index is 12.5. The Labute approximate surface area is 122 Å². The molecule has 0 spiro atoms. The smallest absolute Gasteiger partial charge is 0.323 e. The van der Waals surface area contributed by atoms with Crippen LogP contribution < -0.4 is 0 Å². The lowest BCUT2D eigenvalue weighted by Crippen LogP contribution is -2.54. The van der Waals surface area contributed by atoms with E-state index in [9.17, 15) is 9.59 Å². The molecule has 6 heteroatoms. The highest BCUT2D eigenvalue weighted by atomic mass is 16.4. The number of carbonyl (C=O) groups excluding carboxylic acids is 1. The van der Waals surface area contributed by atoms with E-state index in [0.29, 0.717) is 13.1 Å². The molecule has 0 aliphatic rings. The first-order valence-electron chi connectivity index (χ1n) is 7.02. The molecule has 0 aliphatic carbocycles. The number of carboxylic acids is 1. The van der Waals surface area contributed by atoms with E-state index in [2.05, 4.69) is 4.90 Å². The topological polar surface area (TPSA) is 64.1 Å². The second-order valence-electron chi connectivity index (χ2n) is 6.17. The number of aliphatic carboxylic acids is 1. The third-order valence-corrected chi connectivity index (χ3v) is 3.02. The zero-order valence-corrected chi connectivity index (χ0v) is 13.6. The first-order valence-corrected chi connectivity index (χ1v) is 7.02. The van der Waals surface area contributed by atoms with Gasteiger partial charge in [0, 0.05) is 18.6 Å². The zero-order valence-electron chi connectivity index (χ0n) is 13.6. The average molecular weight is 287 g/mol. The summed E-state index contributed by atoms with van der Waals surface area (Å²) in [5.74, 6) is -0.988. The molecule has 0 fully saturated rings. The fourth-order valence-corrected chi connectivity index (χ4v) is 1.86. The summed E-state index contributed by atoms with van der Waals surface area (Å²) in [6, 6.07) is -0.207. The summed E-state index contributed by atoms with van der Waals surface area (Å²) in [5.41, 5.74) is -0.509. The molecule has 0 unspecified atom stereocenters. The van der Waals surface area contributed by atoms with E-state index in [1.54, 1.807) is 4.90 Å². The van der Waals surface area contributed by atoms with Gasteiger partial charge in [-0.05, 0) is 54.8 Å². The van der Waals surface area contributed by atoms with Crippen molar-refractivity contribution in [1.82, 2.24) is 14.7 Å². The van der Waals surface area contributed by atoms with Crippen molar-refractivity contribution in [2.75, 3.05) is 40.3 Å². The van der Waals surface area contributed by atoms with Crippen LogP contribution >= 0.6 is 0 Å². The molecular formula is C14H29N3O3. The Kier molecular flexibility index (Phi) is 7.57. The maximum Gasteiger partial charge on any atom is 0.323 e. The minimum Gasteiger partial charge on any atom is -0.480 e. The standard InChI is InChI=1S/C14H29N3O3/c1-7-16(10-8-9-15(5)6)13(20)17(11-12(18)19)14(2,3)4/h7-11H2,1-6H3,(H,18,19). The van der Waals surface area contributed by atoms with E-state index in [1.807, 2.05) is 41.8 Å². The lowest BCUT2D eigenvalue weighted by molar-refractivity contribution is -0.138. The predicted octanol–water partition coefficient (Wildman–Crippen LogP) is 1.57. The molecule has 118 valence electrons. The van der Waals surface area contributed by atoms with E-state index in [4.69, 9.17) is 5.11 Å². The van der Waals surface area contributed by atoms with Gasteiger partial charge in [0.25, 0.3) is 0 Å². The predicted molar refractivity (Wildman–Crippen MR) is 79.9 cm³/mol. The van der Waals surface area contributed by atoms with Crippen LogP contribution in [0.3, 0.4) is 0 Å². The summed E-state index contributed by atoms with van der Waals surface area (Å²) in [6.45, 7) is 9.31. The summed E-state index contributed by atoms with van der Waals surface area (Å²) in [6.07, 6.45) is 0.873. The van der Waals surface area contributed by atoms with Crippen molar-refractivity contribution >= 4 is 12.0 Å². The number of hydrogen-bond acceptors (Lipinski definition) is 3. The van der Waals surface area contributed by atoms with E-state index < -0.39 is 11.5 Å². The molecule has 0 aromatic rings. The van der Waals surface area contributed by atoms with Crippen molar-refractivity contribution < 1.29 is 14.7 Å². The molecule has 6 nitrogen and oxygen atoms in total. The fraction of sp³-hybridized carbons (Fsp3) is 0.857. The molecule has 20 heavy (non-hydrogen) atoms. The van der Waals surface area contributed by atoms with Crippen molar-refractivity contribution in [3.05, 3.63) is 0 Å². The molecule has 0 bridgehead atoms.